The van der Waals surface area contributed by atoms with Crippen molar-refractivity contribution in [1.29, 1.82) is 0 Å². The van der Waals surface area contributed by atoms with E-state index in [1.54, 1.807) is 13.8 Å². The van der Waals surface area contributed by atoms with Crippen LogP contribution in [0.5, 0.6) is 0 Å². The second kappa shape index (κ2) is 5.71. The van der Waals surface area contributed by atoms with Crippen molar-refractivity contribution in [1.82, 2.24) is 0 Å². The Morgan fingerprint density at radius 1 is 1.21 bits per heavy atom. The van der Waals surface area contributed by atoms with E-state index >= 15 is 0 Å². The Labute approximate surface area is 87.4 Å². The van der Waals surface area contributed by atoms with Crippen molar-refractivity contribution < 1.29 is 13.5 Å². The van der Waals surface area contributed by atoms with Gasteiger partial charge in [-0.15, -0.1) is 0 Å². The lowest BCUT2D eigenvalue weighted by molar-refractivity contribution is 0.111. The highest BCUT2D eigenvalue weighted by molar-refractivity contribution is 7.91. The van der Waals surface area contributed by atoms with Crippen LogP contribution in [-0.2, 0) is 9.84 Å². The minimum absolute atomic E-state index is 0.0634. The van der Waals surface area contributed by atoms with Crippen LogP contribution in [0.15, 0.2) is 0 Å². The lowest BCUT2D eigenvalue weighted by Gasteiger charge is -2.17. The first-order valence-corrected chi connectivity index (χ1v) is 6.92. The molecule has 86 valence electrons. The summed E-state index contributed by atoms with van der Waals surface area (Å²) in [6.45, 7) is 7.18. The third-order valence-electron chi connectivity index (χ3n) is 2.65. The van der Waals surface area contributed by atoms with E-state index in [0.717, 1.165) is 0 Å². The van der Waals surface area contributed by atoms with Crippen LogP contribution in [0.25, 0.3) is 0 Å². The molecule has 0 saturated heterocycles. The van der Waals surface area contributed by atoms with Crippen molar-refractivity contribution in [2.75, 3.05) is 5.75 Å². The van der Waals surface area contributed by atoms with Gasteiger partial charge in [0.1, 0.15) is 0 Å². The van der Waals surface area contributed by atoms with Crippen molar-refractivity contribution in [2.45, 2.75) is 51.9 Å². The number of sulfone groups is 1. The van der Waals surface area contributed by atoms with E-state index in [-0.39, 0.29) is 23.0 Å². The lowest BCUT2D eigenvalue weighted by Crippen LogP contribution is -2.23. The minimum Gasteiger partial charge on any atom is -0.393 e. The molecule has 2 atom stereocenters. The van der Waals surface area contributed by atoms with Crippen LogP contribution in [0.4, 0.5) is 0 Å². The summed E-state index contributed by atoms with van der Waals surface area (Å²) >= 11 is 0. The Morgan fingerprint density at radius 2 is 1.71 bits per heavy atom. The molecule has 0 aliphatic heterocycles. The number of hydrogen-bond acceptors (Lipinski definition) is 3. The maximum absolute atomic E-state index is 11.5. The average Bonchev–Trinajstić information content (AvgIpc) is 2.12. The fourth-order valence-corrected chi connectivity index (χ4v) is 2.35. The molecule has 0 aromatic carbocycles. The zero-order valence-corrected chi connectivity index (χ0v) is 10.3. The molecule has 0 fully saturated rings. The van der Waals surface area contributed by atoms with Crippen molar-refractivity contribution in [3.8, 4) is 0 Å². The van der Waals surface area contributed by atoms with E-state index in [2.05, 4.69) is 0 Å². The molecule has 1 N–H and O–H groups in total. The van der Waals surface area contributed by atoms with Gasteiger partial charge in [0.2, 0.25) is 0 Å². The van der Waals surface area contributed by atoms with Gasteiger partial charge in [-0.2, -0.15) is 0 Å². The van der Waals surface area contributed by atoms with E-state index < -0.39 is 9.84 Å². The van der Waals surface area contributed by atoms with E-state index in [1.807, 2.05) is 13.8 Å². The molecule has 0 aliphatic rings. The Bertz CT molecular complexity index is 244. The summed E-state index contributed by atoms with van der Waals surface area (Å²) in [6, 6.07) is 0. The molecule has 0 aromatic heterocycles. The Kier molecular flexibility index (Phi) is 5.67. The molecule has 0 aromatic rings. The van der Waals surface area contributed by atoms with Crippen LogP contribution < -0.4 is 0 Å². The van der Waals surface area contributed by atoms with Gasteiger partial charge in [-0.05, 0) is 32.6 Å². The van der Waals surface area contributed by atoms with Crippen LogP contribution >= 0.6 is 0 Å². The minimum atomic E-state index is -2.95. The highest BCUT2D eigenvalue weighted by atomic mass is 32.2. The summed E-state index contributed by atoms with van der Waals surface area (Å²) in [4.78, 5) is 0. The lowest BCUT2D eigenvalue weighted by atomic mass is 10.0. The topological polar surface area (TPSA) is 54.4 Å². The first kappa shape index (κ1) is 13.9. The van der Waals surface area contributed by atoms with Gasteiger partial charge in [0.05, 0.1) is 17.1 Å². The maximum atomic E-state index is 11.5. The number of rotatable bonds is 6. The quantitative estimate of drug-likeness (QED) is 0.743. The molecule has 0 heterocycles. The number of aliphatic hydroxyl groups is 1. The average molecular weight is 222 g/mol. The first-order chi connectivity index (χ1) is 6.31. The van der Waals surface area contributed by atoms with Crippen LogP contribution in [-0.4, -0.2) is 30.6 Å². The molecule has 0 radical (unpaired) electrons. The molecule has 14 heavy (non-hydrogen) atoms. The van der Waals surface area contributed by atoms with Gasteiger partial charge < -0.3 is 5.11 Å². The maximum Gasteiger partial charge on any atom is 0.152 e. The van der Waals surface area contributed by atoms with Crippen molar-refractivity contribution in [3.63, 3.8) is 0 Å². The van der Waals surface area contributed by atoms with Crippen LogP contribution in [0.2, 0.25) is 0 Å². The molecule has 0 aliphatic carbocycles. The zero-order valence-electron chi connectivity index (χ0n) is 9.53. The third kappa shape index (κ3) is 4.42. The fourth-order valence-electron chi connectivity index (χ4n) is 1.18. The van der Waals surface area contributed by atoms with E-state index in [1.165, 1.54) is 0 Å². The molecule has 2 unspecified atom stereocenters. The van der Waals surface area contributed by atoms with Gasteiger partial charge in [-0.25, -0.2) is 8.42 Å². The van der Waals surface area contributed by atoms with Crippen molar-refractivity contribution in [2.24, 2.45) is 5.92 Å². The number of aliphatic hydroxyl groups excluding tert-OH is 1. The monoisotopic (exact) mass is 222 g/mol. The van der Waals surface area contributed by atoms with Gasteiger partial charge in [0.25, 0.3) is 0 Å². The highest BCUT2D eigenvalue weighted by Gasteiger charge is 2.19. The first-order valence-electron chi connectivity index (χ1n) is 5.20. The molecule has 0 amide bonds. The Morgan fingerprint density at radius 3 is 2.07 bits per heavy atom. The molecule has 3 nitrogen and oxygen atoms in total. The molecular weight excluding hydrogens is 200 g/mol. The Balaban J connectivity index is 4.07. The zero-order chi connectivity index (χ0) is 11.4. The number of hydrogen-bond donors (Lipinski definition) is 1. The third-order valence-corrected chi connectivity index (χ3v) is 4.89. The van der Waals surface area contributed by atoms with E-state index in [9.17, 15) is 13.5 Å². The summed E-state index contributed by atoms with van der Waals surface area (Å²) in [5, 5.41) is 9.16. The molecule has 0 rings (SSSR count). The molecule has 4 heteroatoms. The summed E-state index contributed by atoms with van der Waals surface area (Å²) < 4.78 is 22.9. The predicted molar refractivity (Wildman–Crippen MR) is 59.0 cm³/mol. The normalized spacial score (nSPS) is 17.0. The highest BCUT2D eigenvalue weighted by Crippen LogP contribution is 2.14. The SMILES string of the molecule is CCC(O)C(C)CCS(=O)(=O)C(C)C. The summed E-state index contributed by atoms with van der Waals surface area (Å²) in [5.41, 5.74) is 0. The van der Waals surface area contributed by atoms with E-state index in [0.29, 0.717) is 12.8 Å². The van der Waals surface area contributed by atoms with Crippen LogP contribution in [0.3, 0.4) is 0 Å². The van der Waals surface area contributed by atoms with Gasteiger partial charge in [-0.1, -0.05) is 13.8 Å². The summed E-state index contributed by atoms with van der Waals surface area (Å²) in [5.74, 6) is 0.247. The molecule has 0 spiro atoms. The molecular formula is C10H22O3S. The standard InChI is InChI=1S/C10H22O3S/c1-5-10(11)9(4)6-7-14(12,13)8(2)3/h8-11H,5-7H2,1-4H3. The van der Waals surface area contributed by atoms with Crippen LogP contribution in [0, 0.1) is 5.92 Å². The summed E-state index contributed by atoms with van der Waals surface area (Å²) in [7, 11) is -2.95. The van der Waals surface area contributed by atoms with Gasteiger partial charge in [0, 0.05) is 0 Å². The van der Waals surface area contributed by atoms with Gasteiger partial charge in [-0.3, -0.25) is 0 Å². The summed E-state index contributed by atoms with van der Waals surface area (Å²) in [6.07, 6.45) is 0.857. The van der Waals surface area contributed by atoms with Crippen molar-refractivity contribution >= 4 is 9.84 Å². The Hall–Kier alpha value is -0.0900. The van der Waals surface area contributed by atoms with Gasteiger partial charge in [0.15, 0.2) is 9.84 Å². The smallest absolute Gasteiger partial charge is 0.152 e. The van der Waals surface area contributed by atoms with Crippen molar-refractivity contribution in [3.05, 3.63) is 0 Å². The fraction of sp³-hybridized carbons (Fsp3) is 1.00. The predicted octanol–water partition coefficient (Wildman–Crippen LogP) is 1.61. The second-order valence-electron chi connectivity index (χ2n) is 4.16. The largest absolute Gasteiger partial charge is 0.393 e. The van der Waals surface area contributed by atoms with Gasteiger partial charge >= 0.3 is 0 Å². The molecule has 0 bridgehead atoms. The van der Waals surface area contributed by atoms with Crippen LogP contribution in [0.1, 0.15) is 40.5 Å². The second-order valence-corrected chi connectivity index (χ2v) is 6.83. The molecule has 0 saturated carbocycles. The van der Waals surface area contributed by atoms with E-state index in [4.69, 9.17) is 0 Å².